The molecule has 2 rings (SSSR count). The fraction of sp³-hybridized carbons (Fsp3) is 0.727. The van der Waals surface area contributed by atoms with Crippen LogP contribution in [0.25, 0.3) is 0 Å². The topological polar surface area (TPSA) is 17.8 Å². The summed E-state index contributed by atoms with van der Waals surface area (Å²) in [5, 5.41) is 4.49. The van der Waals surface area contributed by atoms with E-state index in [9.17, 15) is 0 Å². The first-order valence-corrected chi connectivity index (χ1v) is 5.25. The Kier molecular flexibility index (Phi) is 2.38. The Hall–Kier alpha value is -0.790. The Morgan fingerprint density at radius 3 is 2.69 bits per heavy atom. The van der Waals surface area contributed by atoms with E-state index in [4.69, 9.17) is 0 Å². The van der Waals surface area contributed by atoms with Gasteiger partial charge >= 0.3 is 0 Å². The first kappa shape index (κ1) is 8.79. The highest BCUT2D eigenvalue weighted by atomic mass is 15.3. The Morgan fingerprint density at radius 2 is 2.15 bits per heavy atom. The lowest BCUT2D eigenvalue weighted by Gasteiger charge is -2.04. The molecule has 2 heteroatoms. The summed E-state index contributed by atoms with van der Waals surface area (Å²) in [6.45, 7) is 2.12. The van der Waals surface area contributed by atoms with Gasteiger partial charge in [-0.25, -0.2) is 0 Å². The molecule has 0 aromatic carbocycles. The zero-order valence-corrected chi connectivity index (χ0v) is 8.58. The van der Waals surface area contributed by atoms with Crippen LogP contribution < -0.4 is 0 Å². The molecule has 0 atom stereocenters. The molecular formula is C11H18N2. The van der Waals surface area contributed by atoms with E-state index in [1.807, 2.05) is 11.7 Å². The number of hydrogen-bond donors (Lipinski definition) is 0. The molecule has 0 spiro atoms. The molecular weight excluding hydrogens is 160 g/mol. The molecule has 1 aromatic rings. The minimum atomic E-state index is 0.911. The van der Waals surface area contributed by atoms with Gasteiger partial charge in [-0.15, -0.1) is 0 Å². The third-order valence-electron chi connectivity index (χ3n) is 3.14. The quantitative estimate of drug-likeness (QED) is 0.680. The van der Waals surface area contributed by atoms with Gasteiger partial charge in [-0.3, -0.25) is 4.68 Å². The molecule has 1 aliphatic carbocycles. The summed E-state index contributed by atoms with van der Waals surface area (Å²) in [5.41, 5.74) is 2.56. The van der Waals surface area contributed by atoms with Crippen LogP contribution in [0.4, 0.5) is 0 Å². The molecule has 0 radical (unpaired) electrons. The Balaban J connectivity index is 2.00. The van der Waals surface area contributed by atoms with Gasteiger partial charge in [0.15, 0.2) is 0 Å². The van der Waals surface area contributed by atoms with Gasteiger partial charge in [-0.1, -0.05) is 25.7 Å². The summed E-state index contributed by atoms with van der Waals surface area (Å²) >= 11 is 0. The molecule has 1 saturated carbocycles. The van der Waals surface area contributed by atoms with Gasteiger partial charge in [0.05, 0.1) is 5.69 Å². The van der Waals surface area contributed by atoms with Crippen molar-refractivity contribution in [3.05, 3.63) is 17.5 Å². The minimum Gasteiger partial charge on any atom is -0.273 e. The van der Waals surface area contributed by atoms with Crippen LogP contribution in [0.5, 0.6) is 0 Å². The lowest BCUT2D eigenvalue weighted by molar-refractivity contribution is 0.533. The Labute approximate surface area is 80.0 Å². The van der Waals surface area contributed by atoms with Crippen LogP contribution in [0.15, 0.2) is 6.07 Å². The van der Waals surface area contributed by atoms with Crippen LogP contribution >= 0.6 is 0 Å². The number of aryl methyl sites for hydroxylation is 2. The van der Waals surface area contributed by atoms with Crippen LogP contribution in [0.2, 0.25) is 0 Å². The van der Waals surface area contributed by atoms with E-state index in [0.717, 1.165) is 5.92 Å². The maximum absolute atomic E-state index is 4.49. The SMILES string of the molecule is Cc1cc(CC2CCCC2)nn1C. The van der Waals surface area contributed by atoms with E-state index in [2.05, 4.69) is 18.1 Å². The maximum Gasteiger partial charge on any atom is 0.0630 e. The monoisotopic (exact) mass is 178 g/mol. The lowest BCUT2D eigenvalue weighted by Crippen LogP contribution is -2.00. The van der Waals surface area contributed by atoms with Crippen molar-refractivity contribution in [1.29, 1.82) is 0 Å². The van der Waals surface area contributed by atoms with E-state index >= 15 is 0 Å². The summed E-state index contributed by atoms with van der Waals surface area (Å²) in [6, 6.07) is 2.22. The first-order valence-electron chi connectivity index (χ1n) is 5.25. The molecule has 0 saturated heterocycles. The zero-order valence-electron chi connectivity index (χ0n) is 8.58. The van der Waals surface area contributed by atoms with E-state index < -0.39 is 0 Å². The highest BCUT2D eigenvalue weighted by molar-refractivity contribution is 5.09. The highest BCUT2D eigenvalue weighted by Gasteiger charge is 2.16. The molecule has 1 aliphatic rings. The van der Waals surface area contributed by atoms with Gasteiger partial charge in [0.1, 0.15) is 0 Å². The van der Waals surface area contributed by atoms with Gasteiger partial charge in [0, 0.05) is 12.7 Å². The molecule has 0 unspecified atom stereocenters. The Bertz CT molecular complexity index is 263. The summed E-state index contributed by atoms with van der Waals surface area (Å²) in [7, 11) is 2.02. The molecule has 0 N–H and O–H groups in total. The van der Waals surface area contributed by atoms with Gasteiger partial charge in [0.2, 0.25) is 0 Å². The predicted octanol–water partition coefficient (Wildman–Crippen LogP) is 2.46. The second-order valence-corrected chi connectivity index (χ2v) is 4.26. The van der Waals surface area contributed by atoms with E-state index in [-0.39, 0.29) is 0 Å². The van der Waals surface area contributed by atoms with Crippen LogP contribution in [-0.2, 0) is 13.5 Å². The summed E-state index contributed by atoms with van der Waals surface area (Å²) in [5.74, 6) is 0.911. The van der Waals surface area contributed by atoms with Crippen molar-refractivity contribution in [2.75, 3.05) is 0 Å². The normalized spacial score (nSPS) is 18.3. The Morgan fingerprint density at radius 1 is 1.46 bits per heavy atom. The first-order chi connectivity index (χ1) is 6.25. The molecule has 13 heavy (non-hydrogen) atoms. The lowest BCUT2D eigenvalue weighted by atomic mass is 10.0. The standard InChI is InChI=1S/C11H18N2/c1-9-7-11(12-13(9)2)8-10-5-3-4-6-10/h7,10H,3-6,8H2,1-2H3. The fourth-order valence-electron chi connectivity index (χ4n) is 2.24. The third kappa shape index (κ3) is 1.93. The van der Waals surface area contributed by atoms with E-state index in [1.54, 1.807) is 0 Å². The van der Waals surface area contributed by atoms with Crippen molar-refractivity contribution in [1.82, 2.24) is 9.78 Å². The second-order valence-electron chi connectivity index (χ2n) is 4.26. The average molecular weight is 178 g/mol. The fourth-order valence-corrected chi connectivity index (χ4v) is 2.24. The number of rotatable bonds is 2. The zero-order chi connectivity index (χ0) is 9.26. The molecule has 0 amide bonds. The van der Waals surface area contributed by atoms with E-state index in [0.29, 0.717) is 0 Å². The average Bonchev–Trinajstić information content (AvgIpc) is 2.64. The van der Waals surface area contributed by atoms with Crippen molar-refractivity contribution >= 4 is 0 Å². The van der Waals surface area contributed by atoms with Gasteiger partial charge in [0.25, 0.3) is 0 Å². The van der Waals surface area contributed by atoms with Crippen molar-refractivity contribution in [3.63, 3.8) is 0 Å². The summed E-state index contributed by atoms with van der Waals surface area (Å²) in [6.07, 6.45) is 6.87. The largest absolute Gasteiger partial charge is 0.273 e. The van der Waals surface area contributed by atoms with Gasteiger partial charge in [-0.05, 0) is 25.3 Å². The van der Waals surface area contributed by atoms with Crippen molar-refractivity contribution < 1.29 is 0 Å². The number of aromatic nitrogens is 2. The number of hydrogen-bond acceptors (Lipinski definition) is 1. The minimum absolute atomic E-state index is 0.911. The molecule has 0 aliphatic heterocycles. The van der Waals surface area contributed by atoms with Gasteiger partial charge < -0.3 is 0 Å². The molecule has 1 aromatic heterocycles. The van der Waals surface area contributed by atoms with Gasteiger partial charge in [-0.2, -0.15) is 5.10 Å². The smallest absolute Gasteiger partial charge is 0.0630 e. The van der Waals surface area contributed by atoms with Crippen molar-refractivity contribution in [3.8, 4) is 0 Å². The van der Waals surface area contributed by atoms with Crippen molar-refractivity contribution in [2.45, 2.75) is 39.0 Å². The predicted molar refractivity (Wildman–Crippen MR) is 53.6 cm³/mol. The van der Waals surface area contributed by atoms with Crippen LogP contribution in [0.1, 0.15) is 37.1 Å². The maximum atomic E-state index is 4.49. The molecule has 1 fully saturated rings. The third-order valence-corrected chi connectivity index (χ3v) is 3.14. The molecule has 72 valence electrons. The van der Waals surface area contributed by atoms with Crippen molar-refractivity contribution in [2.24, 2.45) is 13.0 Å². The molecule has 1 heterocycles. The molecule has 2 nitrogen and oxygen atoms in total. The van der Waals surface area contributed by atoms with Crippen LogP contribution in [0.3, 0.4) is 0 Å². The highest BCUT2D eigenvalue weighted by Crippen LogP contribution is 2.27. The summed E-state index contributed by atoms with van der Waals surface area (Å²) < 4.78 is 1.98. The number of nitrogens with zero attached hydrogens (tertiary/aromatic N) is 2. The summed E-state index contributed by atoms with van der Waals surface area (Å²) in [4.78, 5) is 0. The van der Waals surface area contributed by atoms with Crippen LogP contribution in [-0.4, -0.2) is 9.78 Å². The second kappa shape index (κ2) is 3.52. The van der Waals surface area contributed by atoms with E-state index in [1.165, 1.54) is 43.5 Å². The molecule has 0 bridgehead atoms. The van der Waals surface area contributed by atoms with Crippen LogP contribution in [0, 0.1) is 12.8 Å².